The van der Waals surface area contributed by atoms with Crippen LogP contribution in [0.3, 0.4) is 0 Å². The highest BCUT2D eigenvalue weighted by molar-refractivity contribution is 4.87. The molecule has 2 heterocycles. The van der Waals surface area contributed by atoms with Gasteiger partial charge in [0, 0.05) is 25.7 Å². The van der Waals surface area contributed by atoms with E-state index in [1.165, 1.54) is 17.9 Å². The maximum atomic E-state index is 10.1. The number of hydrogen-bond acceptors (Lipinski definition) is 4. The van der Waals surface area contributed by atoms with E-state index in [0.717, 1.165) is 25.9 Å². The van der Waals surface area contributed by atoms with Crippen LogP contribution < -0.4 is 0 Å². The summed E-state index contributed by atoms with van der Waals surface area (Å²) < 4.78 is 0. The van der Waals surface area contributed by atoms with E-state index in [9.17, 15) is 5.21 Å². The maximum absolute atomic E-state index is 10.1. The Bertz CT molecular complexity index is 359. The highest BCUT2D eigenvalue weighted by Crippen LogP contribution is 2.35. The van der Waals surface area contributed by atoms with E-state index in [4.69, 9.17) is 4.84 Å². The molecular weight excluding hydrogens is 276 g/mol. The van der Waals surface area contributed by atoms with Crippen molar-refractivity contribution < 1.29 is 10.0 Å². The number of hydrogen-bond donors (Lipinski definition) is 1. The van der Waals surface area contributed by atoms with Gasteiger partial charge in [0.1, 0.15) is 0 Å². The summed E-state index contributed by atoms with van der Waals surface area (Å²) >= 11 is 0. The van der Waals surface area contributed by atoms with Crippen molar-refractivity contribution in [3.8, 4) is 0 Å². The molecule has 0 aliphatic carbocycles. The number of piperidine rings is 2. The Morgan fingerprint density at radius 3 is 2.23 bits per heavy atom. The summed E-state index contributed by atoms with van der Waals surface area (Å²) in [6, 6.07) is 0.175. The van der Waals surface area contributed by atoms with Crippen LogP contribution in [0.1, 0.15) is 67.2 Å². The fourth-order valence-electron chi connectivity index (χ4n) is 3.77. The van der Waals surface area contributed by atoms with Gasteiger partial charge in [-0.3, -0.25) is 4.84 Å². The lowest BCUT2D eigenvalue weighted by Crippen LogP contribution is -2.51. The lowest BCUT2D eigenvalue weighted by molar-refractivity contribution is -0.257. The zero-order valence-electron chi connectivity index (χ0n) is 15.4. The normalized spacial score (nSPS) is 33.1. The van der Waals surface area contributed by atoms with Crippen LogP contribution in [0.15, 0.2) is 0 Å². The van der Waals surface area contributed by atoms with Gasteiger partial charge in [-0.2, -0.15) is 10.1 Å². The first-order valence-corrected chi connectivity index (χ1v) is 8.94. The van der Waals surface area contributed by atoms with E-state index in [1.807, 2.05) is 0 Å². The first kappa shape index (κ1) is 18.2. The minimum atomic E-state index is 0.0760. The van der Waals surface area contributed by atoms with Crippen molar-refractivity contribution in [2.75, 3.05) is 19.6 Å². The number of rotatable bonds is 2. The van der Waals surface area contributed by atoms with Gasteiger partial charge in [-0.15, -0.1) is 0 Å². The van der Waals surface area contributed by atoms with Gasteiger partial charge in [0.05, 0.1) is 6.10 Å². The Morgan fingerprint density at radius 2 is 1.64 bits per heavy atom. The van der Waals surface area contributed by atoms with Crippen LogP contribution in [0, 0.1) is 16.7 Å². The Labute approximate surface area is 136 Å². The van der Waals surface area contributed by atoms with Crippen LogP contribution in [-0.2, 0) is 4.84 Å². The Balaban J connectivity index is 1.90. The molecule has 4 nitrogen and oxygen atoms in total. The van der Waals surface area contributed by atoms with Crippen molar-refractivity contribution in [3.63, 3.8) is 0 Å². The van der Waals surface area contributed by atoms with Crippen LogP contribution >= 0.6 is 0 Å². The van der Waals surface area contributed by atoms with E-state index in [-0.39, 0.29) is 17.6 Å². The average molecular weight is 312 g/mol. The van der Waals surface area contributed by atoms with Crippen molar-refractivity contribution in [2.45, 2.75) is 79.4 Å². The average Bonchev–Trinajstić information content (AvgIpc) is 2.39. The molecule has 0 aromatic heterocycles. The molecule has 2 saturated heterocycles. The second kappa shape index (κ2) is 6.76. The van der Waals surface area contributed by atoms with E-state index in [2.05, 4.69) is 46.6 Å². The maximum Gasteiger partial charge on any atom is 0.0822 e. The van der Waals surface area contributed by atoms with E-state index >= 15 is 0 Å². The Hall–Kier alpha value is -0.160. The van der Waals surface area contributed by atoms with Gasteiger partial charge >= 0.3 is 0 Å². The predicted molar refractivity (Wildman–Crippen MR) is 89.6 cm³/mol. The topological polar surface area (TPSA) is 35.9 Å². The van der Waals surface area contributed by atoms with Gasteiger partial charge in [-0.05, 0) is 42.4 Å². The van der Waals surface area contributed by atoms with Gasteiger partial charge < -0.3 is 5.21 Å². The summed E-state index contributed by atoms with van der Waals surface area (Å²) in [6.07, 6.45) is 4.61. The van der Waals surface area contributed by atoms with Gasteiger partial charge in [-0.1, -0.05) is 41.5 Å². The molecule has 22 heavy (non-hydrogen) atoms. The van der Waals surface area contributed by atoms with Crippen LogP contribution in [0.2, 0.25) is 0 Å². The van der Waals surface area contributed by atoms with Crippen LogP contribution in [0.25, 0.3) is 0 Å². The molecule has 3 unspecified atom stereocenters. The molecule has 0 bridgehead atoms. The van der Waals surface area contributed by atoms with Crippen LogP contribution in [-0.4, -0.2) is 47.1 Å². The predicted octanol–water partition coefficient (Wildman–Crippen LogP) is 3.94. The smallest absolute Gasteiger partial charge is 0.0822 e. The summed E-state index contributed by atoms with van der Waals surface area (Å²) in [4.78, 5) is 6.33. The van der Waals surface area contributed by atoms with E-state index in [0.29, 0.717) is 17.9 Å². The fraction of sp³-hybridized carbons (Fsp3) is 1.00. The molecule has 0 spiro atoms. The van der Waals surface area contributed by atoms with Crippen molar-refractivity contribution in [1.82, 2.24) is 10.1 Å². The summed E-state index contributed by atoms with van der Waals surface area (Å²) in [6.45, 7) is 16.4. The van der Waals surface area contributed by atoms with Gasteiger partial charge in [-0.25, -0.2) is 0 Å². The minimum Gasteiger partial charge on any atom is -0.314 e. The van der Waals surface area contributed by atoms with Gasteiger partial charge in [0.2, 0.25) is 0 Å². The van der Waals surface area contributed by atoms with E-state index < -0.39 is 0 Å². The lowest BCUT2D eigenvalue weighted by atomic mass is 9.76. The molecule has 3 atom stereocenters. The molecule has 0 aromatic rings. The molecule has 2 aliphatic rings. The SMILES string of the molecule is CC(C)(C)C1CCCN(OC2CCN(O)C(C(C)(C)C)C2)C1. The second-order valence-electron chi connectivity index (χ2n) is 9.39. The minimum absolute atomic E-state index is 0.0760. The quantitative estimate of drug-likeness (QED) is 0.837. The third-order valence-electron chi connectivity index (χ3n) is 5.43. The van der Waals surface area contributed by atoms with Crippen LogP contribution in [0.4, 0.5) is 0 Å². The Kier molecular flexibility index (Phi) is 5.59. The molecule has 2 fully saturated rings. The molecule has 2 aliphatic heterocycles. The highest BCUT2D eigenvalue weighted by Gasteiger charge is 2.38. The fourth-order valence-corrected chi connectivity index (χ4v) is 3.77. The molecule has 130 valence electrons. The first-order chi connectivity index (χ1) is 10.1. The molecular formula is C18H36N2O2. The van der Waals surface area contributed by atoms with Gasteiger partial charge in [0.15, 0.2) is 0 Å². The largest absolute Gasteiger partial charge is 0.314 e. The van der Waals surface area contributed by atoms with Gasteiger partial charge in [0.25, 0.3) is 0 Å². The molecule has 0 radical (unpaired) electrons. The second-order valence-corrected chi connectivity index (χ2v) is 9.39. The summed E-state index contributed by atoms with van der Waals surface area (Å²) in [5.41, 5.74) is 0.428. The first-order valence-electron chi connectivity index (χ1n) is 8.94. The molecule has 4 heteroatoms. The molecule has 2 rings (SSSR count). The zero-order chi connectivity index (χ0) is 16.5. The third kappa shape index (κ3) is 4.67. The van der Waals surface area contributed by atoms with Crippen molar-refractivity contribution in [3.05, 3.63) is 0 Å². The van der Waals surface area contributed by atoms with Crippen LogP contribution in [0.5, 0.6) is 0 Å². The molecule has 0 aromatic carbocycles. The Morgan fingerprint density at radius 1 is 0.955 bits per heavy atom. The van der Waals surface area contributed by atoms with Crippen molar-refractivity contribution in [1.29, 1.82) is 0 Å². The molecule has 0 amide bonds. The van der Waals surface area contributed by atoms with E-state index in [1.54, 1.807) is 0 Å². The lowest BCUT2D eigenvalue weighted by Gasteiger charge is -2.45. The highest BCUT2D eigenvalue weighted by atomic mass is 16.7. The third-order valence-corrected chi connectivity index (χ3v) is 5.43. The monoisotopic (exact) mass is 312 g/mol. The van der Waals surface area contributed by atoms with Crippen molar-refractivity contribution >= 4 is 0 Å². The molecule has 1 N–H and O–H groups in total. The standard InChI is InChI=1S/C18H36N2O2/c1-17(2,3)14-8-7-10-19(13-14)22-15-9-11-20(21)16(12-15)18(4,5)6/h14-16,21H,7-13H2,1-6H3. The summed E-state index contributed by atoms with van der Waals surface area (Å²) in [5, 5.41) is 13.9. The summed E-state index contributed by atoms with van der Waals surface area (Å²) in [7, 11) is 0. The number of hydroxylamine groups is 4. The zero-order valence-corrected chi connectivity index (χ0v) is 15.4. The summed E-state index contributed by atoms with van der Waals surface area (Å²) in [5.74, 6) is 0.706. The number of nitrogens with zero attached hydrogens (tertiary/aromatic N) is 2. The molecule has 0 saturated carbocycles. The van der Waals surface area contributed by atoms with Crippen molar-refractivity contribution in [2.24, 2.45) is 16.7 Å².